The zero-order chi connectivity index (χ0) is 14.1. The molecule has 1 aromatic heterocycles. The van der Waals surface area contributed by atoms with E-state index in [4.69, 9.17) is 22.2 Å². The van der Waals surface area contributed by atoms with Crippen molar-refractivity contribution in [3.63, 3.8) is 0 Å². The largest absolute Gasteiger partial charge is 0.495 e. The predicted molar refractivity (Wildman–Crippen MR) is 78.8 cm³/mol. The minimum atomic E-state index is 0.526. The van der Waals surface area contributed by atoms with E-state index < -0.39 is 0 Å². The van der Waals surface area contributed by atoms with E-state index in [2.05, 4.69) is 15.4 Å². The van der Waals surface area contributed by atoms with Gasteiger partial charge in [-0.1, -0.05) is 11.6 Å². The quantitative estimate of drug-likeness (QED) is 0.669. The summed E-state index contributed by atoms with van der Waals surface area (Å²) in [6, 6.07) is 7.39. The maximum atomic E-state index is 6.15. The third-order valence-corrected chi connectivity index (χ3v) is 3.59. The molecule has 1 fully saturated rings. The van der Waals surface area contributed by atoms with Crippen molar-refractivity contribution in [2.24, 2.45) is 5.84 Å². The first kappa shape index (κ1) is 13.1. The smallest absolute Gasteiger partial charge is 0.161 e. The van der Waals surface area contributed by atoms with Crippen molar-refractivity contribution >= 4 is 17.4 Å². The number of hydrogen-bond donors (Lipinski definition) is 2. The van der Waals surface area contributed by atoms with E-state index in [1.165, 1.54) is 12.8 Å². The van der Waals surface area contributed by atoms with E-state index in [1.54, 1.807) is 19.2 Å². The second-order valence-corrected chi connectivity index (χ2v) is 5.18. The van der Waals surface area contributed by atoms with Gasteiger partial charge in [0.1, 0.15) is 11.6 Å². The maximum absolute atomic E-state index is 6.15. The van der Waals surface area contributed by atoms with E-state index in [-0.39, 0.29) is 0 Å². The summed E-state index contributed by atoms with van der Waals surface area (Å²) in [6.07, 6.45) is 2.34. The van der Waals surface area contributed by atoms with Crippen LogP contribution in [0.3, 0.4) is 0 Å². The van der Waals surface area contributed by atoms with Crippen molar-refractivity contribution < 1.29 is 4.74 Å². The topological polar surface area (TPSA) is 73.1 Å². The van der Waals surface area contributed by atoms with Crippen LogP contribution >= 0.6 is 11.6 Å². The van der Waals surface area contributed by atoms with E-state index in [1.807, 2.05) is 12.1 Å². The first-order chi connectivity index (χ1) is 9.71. The summed E-state index contributed by atoms with van der Waals surface area (Å²) in [5.41, 5.74) is 4.45. The summed E-state index contributed by atoms with van der Waals surface area (Å²) in [4.78, 5) is 8.99. The summed E-state index contributed by atoms with van der Waals surface area (Å²) < 4.78 is 5.15. The lowest BCUT2D eigenvalue weighted by Gasteiger charge is -2.09. The summed E-state index contributed by atoms with van der Waals surface area (Å²) in [6.45, 7) is 0. The van der Waals surface area contributed by atoms with E-state index in [0.29, 0.717) is 28.3 Å². The molecular weight excluding hydrogens is 276 g/mol. The van der Waals surface area contributed by atoms with Gasteiger partial charge in [-0.2, -0.15) is 0 Å². The molecule has 3 rings (SSSR count). The van der Waals surface area contributed by atoms with Crippen LogP contribution in [0.5, 0.6) is 5.75 Å². The lowest BCUT2D eigenvalue weighted by atomic mass is 10.2. The first-order valence-corrected chi connectivity index (χ1v) is 6.78. The monoisotopic (exact) mass is 290 g/mol. The van der Waals surface area contributed by atoms with Crippen molar-refractivity contribution in [2.45, 2.75) is 18.8 Å². The SMILES string of the molecule is COc1ccc(-c2nc(NN)cc(C3CC3)n2)cc1Cl. The van der Waals surface area contributed by atoms with Crippen LogP contribution in [0.4, 0.5) is 5.82 Å². The molecule has 20 heavy (non-hydrogen) atoms. The van der Waals surface area contributed by atoms with Crippen LogP contribution in [-0.2, 0) is 0 Å². The van der Waals surface area contributed by atoms with Crippen LogP contribution < -0.4 is 16.0 Å². The van der Waals surface area contributed by atoms with Crippen molar-refractivity contribution in [3.8, 4) is 17.1 Å². The number of hydrazine groups is 1. The summed E-state index contributed by atoms with van der Waals surface area (Å²) >= 11 is 6.15. The van der Waals surface area contributed by atoms with Crippen LogP contribution in [-0.4, -0.2) is 17.1 Å². The zero-order valence-electron chi connectivity index (χ0n) is 11.1. The average molecular weight is 291 g/mol. The molecule has 1 aliphatic rings. The number of nitrogens with one attached hydrogen (secondary N) is 1. The second kappa shape index (κ2) is 5.26. The minimum absolute atomic E-state index is 0.526. The van der Waals surface area contributed by atoms with Crippen LogP contribution in [0.1, 0.15) is 24.5 Å². The van der Waals surface area contributed by atoms with Crippen molar-refractivity contribution in [1.29, 1.82) is 0 Å². The Bertz CT molecular complexity index is 643. The van der Waals surface area contributed by atoms with Gasteiger partial charge in [0, 0.05) is 23.2 Å². The van der Waals surface area contributed by atoms with Gasteiger partial charge in [0.2, 0.25) is 0 Å². The molecule has 104 valence electrons. The standard InChI is InChI=1S/C14H15ClN4O/c1-20-12-5-4-9(6-10(12)15)14-17-11(8-2-3-8)7-13(18-14)19-16/h4-8H,2-3,16H2,1H3,(H,17,18,19). The van der Waals surface area contributed by atoms with Crippen LogP contribution in [0.15, 0.2) is 24.3 Å². The van der Waals surface area contributed by atoms with Gasteiger partial charge in [0.05, 0.1) is 12.1 Å². The average Bonchev–Trinajstić information content (AvgIpc) is 3.31. The molecule has 1 aromatic carbocycles. The molecule has 2 aromatic rings. The van der Waals surface area contributed by atoms with Crippen LogP contribution in [0.25, 0.3) is 11.4 Å². The number of rotatable bonds is 4. The van der Waals surface area contributed by atoms with Gasteiger partial charge in [-0.3, -0.25) is 0 Å². The Kier molecular flexibility index (Phi) is 3.46. The van der Waals surface area contributed by atoms with Crippen LogP contribution in [0, 0.1) is 0 Å². The third kappa shape index (κ3) is 2.55. The molecule has 0 radical (unpaired) electrons. The summed E-state index contributed by atoms with van der Waals surface area (Å²) in [5, 5.41) is 0.535. The number of nitrogen functional groups attached to an aromatic ring is 1. The molecule has 1 heterocycles. The Morgan fingerprint density at radius 1 is 1.30 bits per heavy atom. The van der Waals surface area contributed by atoms with Gasteiger partial charge < -0.3 is 10.2 Å². The molecule has 5 nitrogen and oxygen atoms in total. The first-order valence-electron chi connectivity index (χ1n) is 6.41. The maximum Gasteiger partial charge on any atom is 0.161 e. The summed E-state index contributed by atoms with van der Waals surface area (Å²) in [7, 11) is 1.58. The lowest BCUT2D eigenvalue weighted by Crippen LogP contribution is -2.10. The lowest BCUT2D eigenvalue weighted by molar-refractivity contribution is 0.415. The van der Waals surface area contributed by atoms with Crippen molar-refractivity contribution in [3.05, 3.63) is 35.0 Å². The Morgan fingerprint density at radius 3 is 2.70 bits per heavy atom. The second-order valence-electron chi connectivity index (χ2n) is 4.77. The zero-order valence-corrected chi connectivity index (χ0v) is 11.8. The van der Waals surface area contributed by atoms with Crippen molar-refractivity contribution in [2.75, 3.05) is 12.5 Å². The normalized spacial score (nSPS) is 14.2. The predicted octanol–water partition coefficient (Wildman–Crippen LogP) is 2.97. The summed E-state index contributed by atoms with van der Waals surface area (Å²) in [5.74, 6) is 7.86. The molecule has 6 heteroatoms. The Labute approximate surface area is 122 Å². The van der Waals surface area contributed by atoms with E-state index in [0.717, 1.165) is 11.3 Å². The number of aromatic nitrogens is 2. The molecule has 0 aliphatic heterocycles. The number of nitrogens with two attached hydrogens (primary N) is 1. The van der Waals surface area contributed by atoms with Gasteiger partial charge in [-0.05, 0) is 31.0 Å². The third-order valence-electron chi connectivity index (χ3n) is 3.30. The molecule has 1 aliphatic carbocycles. The highest BCUT2D eigenvalue weighted by Gasteiger charge is 2.26. The highest BCUT2D eigenvalue weighted by atomic mass is 35.5. The molecular formula is C14H15ClN4O. The highest BCUT2D eigenvalue weighted by molar-refractivity contribution is 6.32. The number of nitrogens with zero attached hydrogens (tertiary/aromatic N) is 2. The van der Waals surface area contributed by atoms with Gasteiger partial charge >= 0.3 is 0 Å². The fourth-order valence-electron chi connectivity index (χ4n) is 2.06. The molecule has 0 amide bonds. The number of hydrogen-bond acceptors (Lipinski definition) is 5. The number of methoxy groups -OCH3 is 1. The fourth-order valence-corrected chi connectivity index (χ4v) is 2.32. The van der Waals surface area contributed by atoms with E-state index >= 15 is 0 Å². The molecule has 0 atom stereocenters. The fraction of sp³-hybridized carbons (Fsp3) is 0.286. The molecule has 3 N–H and O–H groups in total. The molecule has 0 spiro atoms. The van der Waals surface area contributed by atoms with Crippen molar-refractivity contribution in [1.82, 2.24) is 9.97 Å². The van der Waals surface area contributed by atoms with E-state index in [9.17, 15) is 0 Å². The highest BCUT2D eigenvalue weighted by Crippen LogP contribution is 2.40. The molecule has 0 bridgehead atoms. The number of ether oxygens (including phenoxy) is 1. The van der Waals surface area contributed by atoms with Crippen LogP contribution in [0.2, 0.25) is 5.02 Å². The van der Waals surface area contributed by atoms with Gasteiger partial charge in [-0.15, -0.1) is 0 Å². The molecule has 1 saturated carbocycles. The number of benzene rings is 1. The number of anilines is 1. The van der Waals surface area contributed by atoms with Gasteiger partial charge in [-0.25, -0.2) is 15.8 Å². The Hall–Kier alpha value is -1.85. The minimum Gasteiger partial charge on any atom is -0.495 e. The van der Waals surface area contributed by atoms with Gasteiger partial charge in [0.25, 0.3) is 0 Å². The molecule has 0 saturated heterocycles. The Morgan fingerprint density at radius 2 is 2.10 bits per heavy atom. The van der Waals surface area contributed by atoms with Gasteiger partial charge in [0.15, 0.2) is 5.82 Å². The Balaban J connectivity index is 2.04. The molecule has 0 unspecified atom stereocenters. The number of halogens is 1.